The molecule has 0 spiro atoms. The molecule has 0 N–H and O–H groups in total. The van der Waals surface area contributed by atoms with E-state index in [9.17, 15) is 4.79 Å². The molecule has 5 heteroatoms. The quantitative estimate of drug-likeness (QED) is 0.808. The number of carbonyl (C=O) groups excluding carboxylic acids is 1. The Kier molecular flexibility index (Phi) is 4.85. The van der Waals surface area contributed by atoms with E-state index in [4.69, 9.17) is 4.74 Å². The molecule has 0 unspecified atom stereocenters. The summed E-state index contributed by atoms with van der Waals surface area (Å²) in [5, 5.41) is 0. The van der Waals surface area contributed by atoms with Crippen LogP contribution in [0.4, 0.5) is 0 Å². The normalized spacial score (nSPS) is 18.5. The third-order valence-corrected chi connectivity index (χ3v) is 3.41. The predicted octanol–water partition coefficient (Wildman–Crippen LogP) is 1.54. The van der Waals surface area contributed by atoms with Crippen LogP contribution in [0.3, 0.4) is 0 Å². The standard InChI is InChI=1S/C14H21N3O2/c1-3-4-13-12(7-15-10-16-13)14(18)17(2)8-11-5-6-19-9-11/h7,10-11H,3-6,8-9H2,1-2H3/t11-/m0/s1. The Morgan fingerprint density at radius 1 is 1.58 bits per heavy atom. The van der Waals surface area contributed by atoms with Crippen molar-refractivity contribution in [1.29, 1.82) is 0 Å². The van der Waals surface area contributed by atoms with E-state index in [-0.39, 0.29) is 5.91 Å². The molecule has 0 bridgehead atoms. The lowest BCUT2D eigenvalue weighted by atomic mass is 10.1. The molecule has 2 rings (SSSR count). The summed E-state index contributed by atoms with van der Waals surface area (Å²) in [5.41, 5.74) is 1.47. The number of carbonyl (C=O) groups is 1. The zero-order valence-electron chi connectivity index (χ0n) is 11.6. The van der Waals surface area contributed by atoms with Crippen molar-refractivity contribution in [2.24, 2.45) is 5.92 Å². The Balaban J connectivity index is 2.05. The van der Waals surface area contributed by atoms with Crippen LogP contribution in [0, 0.1) is 5.92 Å². The van der Waals surface area contributed by atoms with Gasteiger partial charge in [-0.05, 0) is 12.8 Å². The number of nitrogens with zero attached hydrogens (tertiary/aromatic N) is 3. The molecule has 104 valence electrons. The van der Waals surface area contributed by atoms with Gasteiger partial charge in [0.2, 0.25) is 0 Å². The van der Waals surface area contributed by atoms with Crippen molar-refractivity contribution in [2.75, 3.05) is 26.8 Å². The highest BCUT2D eigenvalue weighted by Gasteiger charge is 2.22. The SMILES string of the molecule is CCCc1ncncc1C(=O)N(C)C[C@@H]1CCOC1. The number of rotatable bonds is 5. The number of hydrogen-bond donors (Lipinski definition) is 0. The molecular formula is C14H21N3O2. The summed E-state index contributed by atoms with van der Waals surface area (Å²) >= 11 is 0. The van der Waals surface area contributed by atoms with Crippen LogP contribution in [-0.4, -0.2) is 47.6 Å². The second-order valence-corrected chi connectivity index (χ2v) is 5.05. The van der Waals surface area contributed by atoms with E-state index in [0.29, 0.717) is 11.5 Å². The minimum Gasteiger partial charge on any atom is -0.381 e. The molecule has 1 aliphatic heterocycles. The Bertz CT molecular complexity index is 430. The lowest BCUT2D eigenvalue weighted by Crippen LogP contribution is -2.33. The van der Waals surface area contributed by atoms with E-state index in [1.807, 2.05) is 7.05 Å². The van der Waals surface area contributed by atoms with Crippen LogP contribution in [0.5, 0.6) is 0 Å². The summed E-state index contributed by atoms with van der Waals surface area (Å²) < 4.78 is 5.34. The second-order valence-electron chi connectivity index (χ2n) is 5.05. The van der Waals surface area contributed by atoms with E-state index >= 15 is 0 Å². The van der Waals surface area contributed by atoms with Crippen molar-refractivity contribution in [3.63, 3.8) is 0 Å². The summed E-state index contributed by atoms with van der Waals surface area (Å²) in [6.45, 7) is 4.38. The lowest BCUT2D eigenvalue weighted by molar-refractivity contribution is 0.0764. The number of aromatic nitrogens is 2. The highest BCUT2D eigenvalue weighted by atomic mass is 16.5. The van der Waals surface area contributed by atoms with Crippen molar-refractivity contribution in [3.8, 4) is 0 Å². The molecule has 0 saturated carbocycles. The molecule has 0 aromatic carbocycles. The van der Waals surface area contributed by atoms with Crippen LogP contribution >= 0.6 is 0 Å². The van der Waals surface area contributed by atoms with Gasteiger partial charge >= 0.3 is 0 Å². The third-order valence-electron chi connectivity index (χ3n) is 3.41. The highest BCUT2D eigenvalue weighted by Crippen LogP contribution is 2.15. The van der Waals surface area contributed by atoms with Gasteiger partial charge < -0.3 is 9.64 Å². The minimum atomic E-state index is 0.0101. The number of aryl methyl sites for hydroxylation is 1. The zero-order chi connectivity index (χ0) is 13.7. The molecule has 1 aromatic heterocycles. The first-order valence-electron chi connectivity index (χ1n) is 6.84. The first-order chi connectivity index (χ1) is 9.22. The maximum absolute atomic E-state index is 12.4. The summed E-state index contributed by atoms with van der Waals surface area (Å²) in [5.74, 6) is 0.462. The van der Waals surface area contributed by atoms with E-state index in [2.05, 4.69) is 16.9 Å². The monoisotopic (exact) mass is 263 g/mol. The van der Waals surface area contributed by atoms with Gasteiger partial charge in [0, 0.05) is 32.3 Å². The van der Waals surface area contributed by atoms with E-state index in [0.717, 1.165) is 44.7 Å². The van der Waals surface area contributed by atoms with Gasteiger partial charge in [0.25, 0.3) is 5.91 Å². The average Bonchev–Trinajstić information content (AvgIpc) is 2.92. The predicted molar refractivity (Wildman–Crippen MR) is 71.9 cm³/mol. The van der Waals surface area contributed by atoms with Gasteiger partial charge in [0.15, 0.2) is 0 Å². The number of amides is 1. The maximum atomic E-state index is 12.4. The molecule has 5 nitrogen and oxygen atoms in total. The molecule has 1 aliphatic rings. The van der Waals surface area contributed by atoms with Crippen LogP contribution in [0.1, 0.15) is 35.8 Å². The molecule has 0 aliphatic carbocycles. The molecule has 1 aromatic rings. The molecule has 2 heterocycles. The first kappa shape index (κ1) is 13.9. The summed E-state index contributed by atoms with van der Waals surface area (Å²) in [6.07, 6.45) is 5.95. The van der Waals surface area contributed by atoms with E-state index in [1.54, 1.807) is 11.1 Å². The zero-order valence-corrected chi connectivity index (χ0v) is 11.6. The van der Waals surface area contributed by atoms with E-state index in [1.165, 1.54) is 6.33 Å². The summed E-state index contributed by atoms with van der Waals surface area (Å²) in [4.78, 5) is 22.4. The van der Waals surface area contributed by atoms with Gasteiger partial charge in [-0.25, -0.2) is 9.97 Å². The Morgan fingerprint density at radius 2 is 2.42 bits per heavy atom. The largest absolute Gasteiger partial charge is 0.381 e. The molecule has 1 amide bonds. The fourth-order valence-electron chi connectivity index (χ4n) is 2.37. The van der Waals surface area contributed by atoms with Crippen LogP contribution < -0.4 is 0 Å². The molecule has 1 atom stereocenters. The Hall–Kier alpha value is -1.49. The Labute approximate surface area is 114 Å². The van der Waals surface area contributed by atoms with E-state index < -0.39 is 0 Å². The van der Waals surface area contributed by atoms with Crippen LogP contribution in [0.25, 0.3) is 0 Å². The van der Waals surface area contributed by atoms with Crippen LogP contribution in [-0.2, 0) is 11.2 Å². The van der Waals surface area contributed by atoms with Crippen molar-refractivity contribution >= 4 is 5.91 Å². The number of hydrogen-bond acceptors (Lipinski definition) is 4. The molecular weight excluding hydrogens is 242 g/mol. The minimum absolute atomic E-state index is 0.0101. The van der Waals surface area contributed by atoms with Crippen molar-refractivity contribution in [1.82, 2.24) is 14.9 Å². The number of ether oxygens (including phenoxy) is 1. The average molecular weight is 263 g/mol. The van der Waals surface area contributed by atoms with Crippen molar-refractivity contribution in [3.05, 3.63) is 23.8 Å². The fourth-order valence-corrected chi connectivity index (χ4v) is 2.37. The summed E-state index contributed by atoms with van der Waals surface area (Å²) in [7, 11) is 1.84. The second kappa shape index (κ2) is 6.61. The fraction of sp³-hybridized carbons (Fsp3) is 0.643. The van der Waals surface area contributed by atoms with Gasteiger partial charge in [0.1, 0.15) is 6.33 Å². The smallest absolute Gasteiger partial charge is 0.257 e. The Morgan fingerprint density at radius 3 is 3.11 bits per heavy atom. The van der Waals surface area contributed by atoms with Crippen LogP contribution in [0.2, 0.25) is 0 Å². The lowest BCUT2D eigenvalue weighted by Gasteiger charge is -2.21. The van der Waals surface area contributed by atoms with Gasteiger partial charge in [-0.2, -0.15) is 0 Å². The molecule has 1 saturated heterocycles. The van der Waals surface area contributed by atoms with Gasteiger partial charge in [-0.1, -0.05) is 13.3 Å². The maximum Gasteiger partial charge on any atom is 0.257 e. The van der Waals surface area contributed by atoms with Crippen molar-refractivity contribution < 1.29 is 9.53 Å². The molecule has 19 heavy (non-hydrogen) atoms. The molecule has 0 radical (unpaired) electrons. The highest BCUT2D eigenvalue weighted by molar-refractivity contribution is 5.94. The first-order valence-corrected chi connectivity index (χ1v) is 6.84. The third kappa shape index (κ3) is 3.50. The topological polar surface area (TPSA) is 55.3 Å². The van der Waals surface area contributed by atoms with Gasteiger partial charge in [-0.3, -0.25) is 4.79 Å². The van der Waals surface area contributed by atoms with Gasteiger partial charge in [-0.15, -0.1) is 0 Å². The van der Waals surface area contributed by atoms with Gasteiger partial charge in [0.05, 0.1) is 17.9 Å². The molecule has 1 fully saturated rings. The van der Waals surface area contributed by atoms with Crippen LogP contribution in [0.15, 0.2) is 12.5 Å². The van der Waals surface area contributed by atoms with Crippen molar-refractivity contribution in [2.45, 2.75) is 26.2 Å². The summed E-state index contributed by atoms with van der Waals surface area (Å²) in [6, 6.07) is 0.